The number of aromatic nitrogens is 1. The van der Waals surface area contributed by atoms with E-state index in [-0.39, 0.29) is 6.54 Å². The standard InChI is InChI=1S/C25H22N2O3/c1-17-23(21-13-7-8-14-22(21)27-17)24(28)25(29)26-15-18-9-5-6-10-19(18)16-30-20-11-3-2-4-12-20/h2-14,27H,15-16H2,1H3,(H,26,29). The minimum Gasteiger partial charge on any atom is -0.489 e. The van der Waals surface area contributed by atoms with Crippen LogP contribution in [0.4, 0.5) is 0 Å². The highest BCUT2D eigenvalue weighted by molar-refractivity contribution is 6.45. The molecule has 2 N–H and O–H groups in total. The van der Waals surface area contributed by atoms with Gasteiger partial charge in [-0.1, -0.05) is 60.7 Å². The fraction of sp³-hybridized carbons (Fsp3) is 0.120. The fourth-order valence-electron chi connectivity index (χ4n) is 3.49. The molecule has 0 radical (unpaired) electrons. The van der Waals surface area contributed by atoms with E-state index in [0.717, 1.165) is 27.8 Å². The van der Waals surface area contributed by atoms with Gasteiger partial charge in [0, 0.05) is 23.1 Å². The molecule has 1 heterocycles. The first-order valence-corrected chi connectivity index (χ1v) is 9.78. The highest BCUT2D eigenvalue weighted by atomic mass is 16.5. The molecule has 0 saturated heterocycles. The number of ether oxygens (including phenoxy) is 1. The third-order valence-corrected chi connectivity index (χ3v) is 5.02. The number of carbonyl (C=O) groups excluding carboxylic acids is 2. The molecule has 0 fully saturated rings. The number of aryl methyl sites for hydroxylation is 1. The van der Waals surface area contributed by atoms with Gasteiger partial charge in [-0.2, -0.15) is 0 Å². The van der Waals surface area contributed by atoms with Gasteiger partial charge in [0.1, 0.15) is 12.4 Å². The number of rotatable bonds is 7. The number of hydrogen-bond donors (Lipinski definition) is 2. The average molecular weight is 398 g/mol. The first-order chi connectivity index (χ1) is 14.6. The second kappa shape index (κ2) is 8.66. The molecule has 0 bridgehead atoms. The molecule has 0 aliphatic rings. The lowest BCUT2D eigenvalue weighted by molar-refractivity contribution is -0.117. The van der Waals surface area contributed by atoms with Crippen molar-refractivity contribution in [2.24, 2.45) is 0 Å². The summed E-state index contributed by atoms with van der Waals surface area (Å²) < 4.78 is 5.83. The van der Waals surface area contributed by atoms with E-state index in [2.05, 4.69) is 10.3 Å². The van der Waals surface area contributed by atoms with Gasteiger partial charge in [0.2, 0.25) is 0 Å². The fourth-order valence-corrected chi connectivity index (χ4v) is 3.49. The minimum atomic E-state index is -0.623. The molecule has 0 atom stereocenters. The number of para-hydroxylation sites is 2. The van der Waals surface area contributed by atoms with Crippen LogP contribution in [0.3, 0.4) is 0 Å². The van der Waals surface area contributed by atoms with Gasteiger partial charge in [-0.05, 0) is 36.2 Å². The molecule has 0 saturated carbocycles. The van der Waals surface area contributed by atoms with Gasteiger partial charge in [0.25, 0.3) is 11.7 Å². The summed E-state index contributed by atoms with van der Waals surface area (Å²) in [5, 5.41) is 3.52. The number of carbonyl (C=O) groups is 2. The molecule has 0 aliphatic carbocycles. The van der Waals surface area contributed by atoms with Crippen molar-refractivity contribution >= 4 is 22.6 Å². The maximum absolute atomic E-state index is 12.8. The lowest BCUT2D eigenvalue weighted by atomic mass is 10.1. The van der Waals surface area contributed by atoms with Crippen LogP contribution in [-0.2, 0) is 17.9 Å². The quantitative estimate of drug-likeness (QED) is 0.354. The van der Waals surface area contributed by atoms with Gasteiger partial charge < -0.3 is 15.0 Å². The molecule has 5 nitrogen and oxygen atoms in total. The van der Waals surface area contributed by atoms with Crippen LogP contribution in [0, 0.1) is 6.92 Å². The molecule has 4 rings (SSSR count). The number of ketones is 1. The Bertz CT molecular complexity index is 1200. The predicted molar refractivity (Wildman–Crippen MR) is 116 cm³/mol. The summed E-state index contributed by atoms with van der Waals surface area (Å²) in [6.45, 7) is 2.43. The molecular formula is C25H22N2O3. The van der Waals surface area contributed by atoms with Crippen molar-refractivity contribution in [1.82, 2.24) is 10.3 Å². The number of H-pyrrole nitrogens is 1. The van der Waals surface area contributed by atoms with Gasteiger partial charge in [-0.25, -0.2) is 0 Å². The monoisotopic (exact) mass is 398 g/mol. The molecule has 1 aromatic heterocycles. The van der Waals surface area contributed by atoms with Crippen LogP contribution >= 0.6 is 0 Å². The van der Waals surface area contributed by atoms with Gasteiger partial charge in [-0.3, -0.25) is 9.59 Å². The van der Waals surface area contributed by atoms with E-state index in [1.807, 2.05) is 78.9 Å². The molecule has 150 valence electrons. The normalized spacial score (nSPS) is 10.7. The third kappa shape index (κ3) is 4.10. The van der Waals surface area contributed by atoms with Crippen LogP contribution in [-0.4, -0.2) is 16.7 Å². The first kappa shape index (κ1) is 19.5. The van der Waals surface area contributed by atoms with Crippen molar-refractivity contribution in [2.45, 2.75) is 20.1 Å². The maximum atomic E-state index is 12.8. The van der Waals surface area contributed by atoms with Crippen molar-refractivity contribution in [3.8, 4) is 5.75 Å². The van der Waals surface area contributed by atoms with Crippen molar-refractivity contribution in [1.29, 1.82) is 0 Å². The van der Waals surface area contributed by atoms with Crippen LogP contribution in [0.2, 0.25) is 0 Å². The van der Waals surface area contributed by atoms with Crippen LogP contribution in [0.25, 0.3) is 10.9 Å². The number of hydrogen-bond acceptors (Lipinski definition) is 3. The second-order valence-corrected chi connectivity index (χ2v) is 7.05. The minimum absolute atomic E-state index is 0.250. The van der Waals surface area contributed by atoms with E-state index in [1.165, 1.54) is 0 Å². The highest BCUT2D eigenvalue weighted by Gasteiger charge is 2.22. The number of benzene rings is 3. The molecule has 0 spiro atoms. The summed E-state index contributed by atoms with van der Waals surface area (Å²) in [6, 6.07) is 24.7. The molecule has 1 amide bonds. The summed E-state index contributed by atoms with van der Waals surface area (Å²) in [5.74, 6) is -0.383. The molecule has 30 heavy (non-hydrogen) atoms. The largest absolute Gasteiger partial charge is 0.489 e. The maximum Gasteiger partial charge on any atom is 0.292 e. The van der Waals surface area contributed by atoms with Crippen LogP contribution in [0.1, 0.15) is 27.2 Å². The summed E-state index contributed by atoms with van der Waals surface area (Å²) >= 11 is 0. The molecule has 0 unspecified atom stereocenters. The number of aromatic amines is 1. The number of nitrogens with one attached hydrogen (secondary N) is 2. The van der Waals surface area contributed by atoms with Crippen LogP contribution < -0.4 is 10.1 Å². The highest BCUT2D eigenvalue weighted by Crippen LogP contribution is 2.22. The molecular weight excluding hydrogens is 376 g/mol. The average Bonchev–Trinajstić information content (AvgIpc) is 3.12. The smallest absolute Gasteiger partial charge is 0.292 e. The lowest BCUT2D eigenvalue weighted by Crippen LogP contribution is -2.31. The third-order valence-electron chi connectivity index (χ3n) is 5.02. The van der Waals surface area contributed by atoms with Crippen LogP contribution in [0.15, 0.2) is 78.9 Å². The Hall–Kier alpha value is -3.86. The lowest BCUT2D eigenvalue weighted by Gasteiger charge is -2.12. The van der Waals surface area contributed by atoms with E-state index < -0.39 is 11.7 Å². The Morgan fingerprint density at radius 3 is 2.33 bits per heavy atom. The van der Waals surface area contributed by atoms with E-state index in [0.29, 0.717) is 17.9 Å². The van der Waals surface area contributed by atoms with Crippen LogP contribution in [0.5, 0.6) is 5.75 Å². The zero-order valence-electron chi connectivity index (χ0n) is 16.6. The zero-order valence-corrected chi connectivity index (χ0v) is 16.6. The second-order valence-electron chi connectivity index (χ2n) is 7.05. The predicted octanol–water partition coefficient (Wildman–Crippen LogP) is 4.55. The topological polar surface area (TPSA) is 71.2 Å². The van der Waals surface area contributed by atoms with E-state index >= 15 is 0 Å². The van der Waals surface area contributed by atoms with Crippen molar-refractivity contribution in [3.05, 3.63) is 101 Å². The van der Waals surface area contributed by atoms with Gasteiger partial charge in [0.15, 0.2) is 0 Å². The van der Waals surface area contributed by atoms with E-state index in [1.54, 1.807) is 6.92 Å². The summed E-state index contributed by atoms with van der Waals surface area (Å²) in [5.41, 5.74) is 3.81. The number of fused-ring (bicyclic) bond motifs is 1. The Morgan fingerprint density at radius 2 is 1.53 bits per heavy atom. The SMILES string of the molecule is Cc1[nH]c2ccccc2c1C(=O)C(=O)NCc1ccccc1COc1ccccc1. The summed E-state index contributed by atoms with van der Waals surface area (Å²) in [4.78, 5) is 28.6. The number of amides is 1. The summed E-state index contributed by atoms with van der Waals surface area (Å²) in [7, 11) is 0. The Labute approximate surface area is 174 Å². The van der Waals surface area contributed by atoms with E-state index in [4.69, 9.17) is 4.74 Å². The van der Waals surface area contributed by atoms with Crippen molar-refractivity contribution in [2.75, 3.05) is 0 Å². The van der Waals surface area contributed by atoms with Gasteiger partial charge in [0.05, 0.1) is 5.56 Å². The molecule has 3 aromatic carbocycles. The van der Waals surface area contributed by atoms with Crippen molar-refractivity contribution < 1.29 is 14.3 Å². The number of Topliss-reactive ketones (excluding diaryl/α,β-unsaturated/α-hetero) is 1. The molecule has 5 heteroatoms. The van der Waals surface area contributed by atoms with Gasteiger partial charge in [-0.15, -0.1) is 0 Å². The summed E-state index contributed by atoms with van der Waals surface area (Å²) in [6.07, 6.45) is 0. The van der Waals surface area contributed by atoms with Gasteiger partial charge >= 0.3 is 0 Å². The Balaban J connectivity index is 1.45. The Morgan fingerprint density at radius 1 is 0.867 bits per heavy atom. The molecule has 4 aromatic rings. The Kier molecular flexibility index (Phi) is 5.61. The van der Waals surface area contributed by atoms with Crippen molar-refractivity contribution in [3.63, 3.8) is 0 Å². The van der Waals surface area contributed by atoms with E-state index in [9.17, 15) is 9.59 Å². The zero-order chi connectivity index (χ0) is 20.9. The first-order valence-electron chi connectivity index (χ1n) is 9.78. The molecule has 0 aliphatic heterocycles.